The van der Waals surface area contributed by atoms with Gasteiger partial charge in [-0.1, -0.05) is 12.8 Å². The molecule has 0 N–H and O–H groups in total. The van der Waals surface area contributed by atoms with Crippen LogP contribution in [-0.2, 0) is 9.47 Å². The molecule has 3 aliphatic rings. The Morgan fingerprint density at radius 1 is 1.00 bits per heavy atom. The van der Waals surface area contributed by atoms with E-state index in [2.05, 4.69) is 9.55 Å². The van der Waals surface area contributed by atoms with Crippen molar-refractivity contribution in [1.29, 1.82) is 0 Å². The summed E-state index contributed by atoms with van der Waals surface area (Å²) in [4.78, 5) is 19.7. The number of halogens is 1. The summed E-state index contributed by atoms with van der Waals surface area (Å²) in [6.45, 7) is 2.35. The summed E-state index contributed by atoms with van der Waals surface area (Å²) in [6, 6.07) is 10.3. The highest BCUT2D eigenvalue weighted by atomic mass is 19.1. The molecule has 34 heavy (non-hydrogen) atoms. The normalized spacial score (nSPS) is 20.4. The molecule has 2 aliphatic heterocycles. The Balaban J connectivity index is 1.29. The van der Waals surface area contributed by atoms with Crippen LogP contribution in [-0.4, -0.2) is 52.4 Å². The Labute approximate surface area is 197 Å². The molecule has 6 rings (SSSR count). The van der Waals surface area contributed by atoms with Gasteiger partial charge in [-0.2, -0.15) is 0 Å². The lowest BCUT2D eigenvalue weighted by molar-refractivity contribution is -0.181. The first kappa shape index (κ1) is 21.6. The fraction of sp³-hybridized carbons (Fsp3) is 0.462. The average molecular weight is 466 g/mol. The summed E-state index contributed by atoms with van der Waals surface area (Å²) in [5.41, 5.74) is 2.38. The van der Waals surface area contributed by atoms with Gasteiger partial charge in [-0.25, -0.2) is 9.37 Å². The number of piperidine rings is 1. The van der Waals surface area contributed by atoms with E-state index in [4.69, 9.17) is 13.9 Å². The third kappa shape index (κ3) is 3.84. The molecule has 1 aliphatic carbocycles. The van der Waals surface area contributed by atoms with Crippen LogP contribution in [0.5, 0.6) is 0 Å². The number of nitrogens with zero attached hydrogens (tertiary/aromatic N) is 3. The minimum Gasteiger partial charge on any atom is -0.449 e. The van der Waals surface area contributed by atoms with Gasteiger partial charge in [-0.15, -0.1) is 0 Å². The van der Waals surface area contributed by atoms with E-state index < -0.39 is 5.79 Å². The van der Waals surface area contributed by atoms with E-state index in [1.807, 2.05) is 12.4 Å². The van der Waals surface area contributed by atoms with Crippen molar-refractivity contribution in [3.05, 3.63) is 54.3 Å². The predicted octanol–water partition coefficient (Wildman–Crippen LogP) is 5.04. The molecule has 2 saturated heterocycles. The largest absolute Gasteiger partial charge is 0.449 e. The van der Waals surface area contributed by atoms with Crippen molar-refractivity contribution in [2.45, 2.75) is 50.4 Å². The number of carbonyl (C=O) groups excluding carboxylic acids is 1. The van der Waals surface area contributed by atoms with Crippen molar-refractivity contribution >= 4 is 5.91 Å². The summed E-state index contributed by atoms with van der Waals surface area (Å²) in [5, 5.41) is 0. The van der Waals surface area contributed by atoms with Crippen molar-refractivity contribution in [2.24, 2.45) is 0 Å². The fourth-order valence-corrected chi connectivity index (χ4v) is 5.46. The zero-order valence-corrected chi connectivity index (χ0v) is 19.0. The lowest BCUT2D eigenvalue weighted by Gasteiger charge is -2.37. The number of hydrogen-bond acceptors (Lipinski definition) is 5. The lowest BCUT2D eigenvalue weighted by Crippen LogP contribution is -2.47. The van der Waals surface area contributed by atoms with Crippen LogP contribution in [0.2, 0.25) is 0 Å². The molecule has 4 heterocycles. The predicted molar refractivity (Wildman–Crippen MR) is 123 cm³/mol. The van der Waals surface area contributed by atoms with Crippen LogP contribution in [0.15, 0.2) is 47.1 Å². The summed E-state index contributed by atoms with van der Waals surface area (Å²) in [5.74, 6) is -0.0351. The zero-order valence-electron chi connectivity index (χ0n) is 19.0. The number of furan rings is 1. The van der Waals surface area contributed by atoms with Crippen LogP contribution in [0, 0.1) is 5.82 Å². The molecule has 8 heteroatoms. The minimum atomic E-state index is -0.525. The average Bonchev–Trinajstić information content (AvgIpc) is 3.66. The lowest BCUT2D eigenvalue weighted by atomic mass is 10.0. The molecule has 3 fully saturated rings. The van der Waals surface area contributed by atoms with Gasteiger partial charge >= 0.3 is 0 Å². The maximum Gasteiger partial charge on any atom is 0.289 e. The molecule has 0 unspecified atom stereocenters. The second kappa shape index (κ2) is 8.67. The smallest absolute Gasteiger partial charge is 0.289 e. The quantitative estimate of drug-likeness (QED) is 0.540. The summed E-state index contributed by atoms with van der Waals surface area (Å²) >= 11 is 0. The van der Waals surface area contributed by atoms with Crippen LogP contribution in [0.1, 0.15) is 55.1 Å². The maximum atomic E-state index is 13.5. The van der Waals surface area contributed by atoms with Crippen LogP contribution >= 0.6 is 0 Å². The second-order valence-electron chi connectivity index (χ2n) is 9.36. The molecule has 0 bridgehead atoms. The van der Waals surface area contributed by atoms with E-state index >= 15 is 0 Å². The van der Waals surface area contributed by atoms with Crippen molar-refractivity contribution in [3.63, 3.8) is 0 Å². The topological polar surface area (TPSA) is 69.7 Å². The van der Waals surface area contributed by atoms with Crippen molar-refractivity contribution in [3.8, 4) is 22.7 Å². The van der Waals surface area contributed by atoms with Crippen LogP contribution in [0.4, 0.5) is 4.39 Å². The van der Waals surface area contributed by atoms with E-state index in [9.17, 15) is 9.18 Å². The van der Waals surface area contributed by atoms with Crippen molar-refractivity contribution < 1.29 is 23.1 Å². The third-order valence-corrected chi connectivity index (χ3v) is 7.31. The van der Waals surface area contributed by atoms with Crippen molar-refractivity contribution in [1.82, 2.24) is 14.5 Å². The Morgan fingerprint density at radius 2 is 1.71 bits per heavy atom. The first-order valence-electron chi connectivity index (χ1n) is 12.1. The minimum absolute atomic E-state index is 0.130. The van der Waals surface area contributed by atoms with Gasteiger partial charge in [-0.3, -0.25) is 4.79 Å². The number of hydrogen-bond donors (Lipinski definition) is 0. The Morgan fingerprint density at radius 3 is 2.41 bits per heavy atom. The highest BCUT2D eigenvalue weighted by Crippen LogP contribution is 2.39. The number of amides is 1. The van der Waals surface area contributed by atoms with Gasteiger partial charge in [0.05, 0.1) is 25.2 Å². The Kier molecular flexibility index (Phi) is 5.50. The summed E-state index contributed by atoms with van der Waals surface area (Å²) in [7, 11) is 0. The van der Waals surface area contributed by atoms with E-state index in [0.717, 1.165) is 29.8 Å². The van der Waals surface area contributed by atoms with Gasteiger partial charge in [0.25, 0.3) is 5.91 Å². The first-order valence-corrected chi connectivity index (χ1v) is 12.1. The van der Waals surface area contributed by atoms with Crippen LogP contribution in [0.3, 0.4) is 0 Å². The van der Waals surface area contributed by atoms with Gasteiger partial charge in [0.1, 0.15) is 11.5 Å². The molecule has 1 amide bonds. The number of aromatic nitrogens is 2. The maximum absolute atomic E-state index is 13.5. The van der Waals surface area contributed by atoms with E-state index in [0.29, 0.717) is 56.7 Å². The molecule has 1 spiro atoms. The summed E-state index contributed by atoms with van der Waals surface area (Å²) < 4.78 is 33.4. The number of rotatable bonds is 4. The van der Waals surface area contributed by atoms with Gasteiger partial charge in [0.15, 0.2) is 17.3 Å². The molecule has 178 valence electrons. The molecular weight excluding hydrogens is 437 g/mol. The zero-order chi connectivity index (χ0) is 23.1. The Bertz CT molecular complexity index is 1160. The molecule has 7 nitrogen and oxygen atoms in total. The van der Waals surface area contributed by atoms with Crippen LogP contribution < -0.4 is 0 Å². The number of carbonyl (C=O) groups is 1. The molecule has 1 saturated carbocycles. The fourth-order valence-electron chi connectivity index (χ4n) is 5.46. The SMILES string of the molecule is O=C(c1ccc(-c2c(-c3ccc(F)cc3)ncn2C2CCCC2)o1)N1CCC2(CC1)OCCO2. The molecule has 3 aromatic rings. The van der Waals surface area contributed by atoms with E-state index in [1.54, 1.807) is 23.1 Å². The van der Waals surface area contributed by atoms with Gasteiger partial charge < -0.3 is 23.4 Å². The standard InChI is InChI=1S/C26H28FN3O4/c27-19-7-5-18(6-8-19)23-24(30(17-28-23)20-3-1-2-4-20)21-9-10-22(34-21)25(31)29-13-11-26(12-14-29)32-15-16-33-26/h5-10,17,20H,1-4,11-16H2. The molecular formula is C26H28FN3O4. The van der Waals surface area contributed by atoms with Gasteiger partial charge in [-0.05, 0) is 49.2 Å². The van der Waals surface area contributed by atoms with Gasteiger partial charge in [0, 0.05) is 37.5 Å². The summed E-state index contributed by atoms with van der Waals surface area (Å²) in [6.07, 6.45) is 7.70. The first-order chi connectivity index (χ1) is 16.6. The van der Waals surface area contributed by atoms with Crippen LogP contribution in [0.25, 0.3) is 22.7 Å². The molecule has 0 atom stereocenters. The molecule has 1 aromatic carbocycles. The Hall–Kier alpha value is -2.97. The highest BCUT2D eigenvalue weighted by Gasteiger charge is 2.41. The molecule has 0 radical (unpaired) electrons. The number of likely N-dealkylation sites (tertiary alicyclic amines) is 1. The van der Waals surface area contributed by atoms with E-state index in [-0.39, 0.29) is 11.7 Å². The van der Waals surface area contributed by atoms with Gasteiger partial charge in [0.2, 0.25) is 0 Å². The van der Waals surface area contributed by atoms with Crippen molar-refractivity contribution in [2.75, 3.05) is 26.3 Å². The molecule has 2 aromatic heterocycles. The van der Waals surface area contributed by atoms with E-state index in [1.165, 1.54) is 25.0 Å². The number of imidazole rings is 1. The third-order valence-electron chi connectivity index (χ3n) is 7.31. The monoisotopic (exact) mass is 465 g/mol. The highest BCUT2D eigenvalue weighted by molar-refractivity contribution is 5.92. The second-order valence-corrected chi connectivity index (χ2v) is 9.36. The number of benzene rings is 1. The number of ether oxygens (including phenoxy) is 2.